The average molecular weight is 287 g/mol. The zero-order valence-electron chi connectivity index (χ0n) is 7.58. The van der Waals surface area contributed by atoms with E-state index < -0.39 is 6.10 Å². The molecule has 0 aliphatic rings. The van der Waals surface area contributed by atoms with Gasteiger partial charge in [0.25, 0.3) is 0 Å². The number of nitrogens with two attached hydrogens (primary N) is 1. The number of nitrogens with one attached hydrogen (secondary N) is 1. The number of hydrogen-bond acceptors (Lipinski definition) is 2. The lowest BCUT2D eigenvalue weighted by atomic mass is 10.4. The molecule has 5 heteroatoms. The molecule has 74 valence electrons. The first-order valence-electron chi connectivity index (χ1n) is 3.88. The fourth-order valence-corrected chi connectivity index (χ4v) is 0.539. The van der Waals surface area contributed by atoms with E-state index in [1.165, 1.54) is 0 Å². The van der Waals surface area contributed by atoms with Crippen LogP contribution in [0.3, 0.4) is 0 Å². The molecule has 0 aliphatic carbocycles. The largest absolute Gasteiger partial charge is 0.391 e. The SMILES string of the molecule is CCCNC(N)=NC[C@H](C)O.I. The Bertz CT molecular complexity index is 128. The van der Waals surface area contributed by atoms with Gasteiger partial charge in [-0.2, -0.15) is 0 Å². The third-order valence-electron chi connectivity index (χ3n) is 1.08. The third kappa shape index (κ3) is 9.96. The molecule has 0 aromatic heterocycles. The maximum atomic E-state index is 8.84. The van der Waals surface area contributed by atoms with Gasteiger partial charge in [0.15, 0.2) is 5.96 Å². The number of hydrogen-bond donors (Lipinski definition) is 3. The number of aliphatic hydroxyl groups is 1. The van der Waals surface area contributed by atoms with Crippen LogP contribution in [-0.4, -0.2) is 30.3 Å². The van der Waals surface area contributed by atoms with Gasteiger partial charge in [-0.15, -0.1) is 24.0 Å². The lowest BCUT2D eigenvalue weighted by Crippen LogP contribution is -2.32. The van der Waals surface area contributed by atoms with Crippen LogP contribution in [0.15, 0.2) is 4.99 Å². The number of aliphatic imine (C=N–C) groups is 1. The van der Waals surface area contributed by atoms with Crippen LogP contribution in [0, 0.1) is 0 Å². The summed E-state index contributed by atoms with van der Waals surface area (Å²) >= 11 is 0. The van der Waals surface area contributed by atoms with Crippen LogP contribution >= 0.6 is 24.0 Å². The van der Waals surface area contributed by atoms with Crippen molar-refractivity contribution in [3.8, 4) is 0 Å². The highest BCUT2D eigenvalue weighted by molar-refractivity contribution is 14.0. The van der Waals surface area contributed by atoms with E-state index in [2.05, 4.69) is 17.2 Å². The average Bonchev–Trinajstić information content (AvgIpc) is 1.97. The van der Waals surface area contributed by atoms with Crippen molar-refractivity contribution in [1.29, 1.82) is 0 Å². The number of guanidine groups is 1. The van der Waals surface area contributed by atoms with E-state index in [9.17, 15) is 0 Å². The molecule has 0 unspecified atom stereocenters. The third-order valence-corrected chi connectivity index (χ3v) is 1.08. The topological polar surface area (TPSA) is 70.6 Å². The number of rotatable bonds is 4. The molecule has 0 radical (unpaired) electrons. The summed E-state index contributed by atoms with van der Waals surface area (Å²) in [4.78, 5) is 3.89. The van der Waals surface area contributed by atoms with Crippen LogP contribution in [0.25, 0.3) is 0 Å². The number of aliphatic hydroxyl groups excluding tert-OH is 1. The van der Waals surface area contributed by atoms with Crippen molar-refractivity contribution in [3.63, 3.8) is 0 Å². The highest BCUT2D eigenvalue weighted by atomic mass is 127. The molecular weight excluding hydrogens is 269 g/mol. The highest BCUT2D eigenvalue weighted by Gasteiger charge is 1.93. The molecule has 0 bridgehead atoms. The van der Waals surface area contributed by atoms with Gasteiger partial charge in [-0.3, -0.25) is 4.99 Å². The minimum Gasteiger partial charge on any atom is -0.391 e. The summed E-state index contributed by atoms with van der Waals surface area (Å²) in [5, 5.41) is 11.7. The fraction of sp³-hybridized carbons (Fsp3) is 0.857. The Hall–Kier alpha value is -0.0400. The van der Waals surface area contributed by atoms with Crippen molar-refractivity contribution < 1.29 is 5.11 Å². The summed E-state index contributed by atoms with van der Waals surface area (Å²) in [5.74, 6) is 0.410. The number of nitrogens with zero attached hydrogens (tertiary/aromatic N) is 1. The normalized spacial score (nSPS) is 13.4. The minimum atomic E-state index is -0.419. The molecule has 4 nitrogen and oxygen atoms in total. The van der Waals surface area contributed by atoms with E-state index in [-0.39, 0.29) is 24.0 Å². The van der Waals surface area contributed by atoms with Crippen LogP contribution in [0.4, 0.5) is 0 Å². The van der Waals surface area contributed by atoms with E-state index in [1.807, 2.05) is 0 Å². The van der Waals surface area contributed by atoms with Crippen molar-refractivity contribution >= 4 is 29.9 Å². The Balaban J connectivity index is 0. The molecule has 12 heavy (non-hydrogen) atoms. The van der Waals surface area contributed by atoms with Crippen molar-refractivity contribution in [2.45, 2.75) is 26.4 Å². The van der Waals surface area contributed by atoms with Crippen LogP contribution in [0.5, 0.6) is 0 Å². The predicted molar refractivity (Wildman–Crippen MR) is 61.9 cm³/mol. The van der Waals surface area contributed by atoms with Crippen molar-refractivity contribution in [2.75, 3.05) is 13.1 Å². The predicted octanol–water partition coefficient (Wildman–Crippen LogP) is 0.300. The summed E-state index contributed by atoms with van der Waals surface area (Å²) < 4.78 is 0. The molecule has 0 aliphatic heterocycles. The van der Waals surface area contributed by atoms with Crippen molar-refractivity contribution in [3.05, 3.63) is 0 Å². The van der Waals surface area contributed by atoms with E-state index in [0.29, 0.717) is 12.5 Å². The van der Waals surface area contributed by atoms with E-state index in [0.717, 1.165) is 13.0 Å². The van der Waals surface area contributed by atoms with Crippen molar-refractivity contribution in [1.82, 2.24) is 5.32 Å². The van der Waals surface area contributed by atoms with Gasteiger partial charge < -0.3 is 16.2 Å². The zero-order valence-corrected chi connectivity index (χ0v) is 9.91. The van der Waals surface area contributed by atoms with Crippen LogP contribution in [0.1, 0.15) is 20.3 Å². The highest BCUT2D eigenvalue weighted by Crippen LogP contribution is 1.79. The molecule has 0 fully saturated rings. The van der Waals surface area contributed by atoms with Gasteiger partial charge >= 0.3 is 0 Å². The maximum Gasteiger partial charge on any atom is 0.188 e. The van der Waals surface area contributed by atoms with E-state index in [4.69, 9.17) is 10.8 Å². The lowest BCUT2D eigenvalue weighted by molar-refractivity contribution is 0.204. The summed E-state index contributed by atoms with van der Waals surface area (Å²) in [5.41, 5.74) is 5.44. The molecule has 0 spiro atoms. The molecule has 1 atom stereocenters. The minimum absolute atomic E-state index is 0. The maximum absolute atomic E-state index is 8.84. The summed E-state index contributed by atoms with van der Waals surface area (Å²) in [6, 6.07) is 0. The molecule has 0 aromatic carbocycles. The summed E-state index contributed by atoms with van der Waals surface area (Å²) in [6.07, 6.45) is 0.599. The van der Waals surface area contributed by atoms with E-state index >= 15 is 0 Å². The molecule has 0 saturated carbocycles. The van der Waals surface area contributed by atoms with Crippen LogP contribution in [-0.2, 0) is 0 Å². The molecule has 0 heterocycles. The Morgan fingerprint density at radius 2 is 2.25 bits per heavy atom. The summed E-state index contributed by atoms with van der Waals surface area (Å²) in [6.45, 7) is 4.92. The molecule has 0 aromatic rings. The Morgan fingerprint density at radius 1 is 1.67 bits per heavy atom. The number of halogens is 1. The second kappa shape index (κ2) is 9.05. The van der Waals surface area contributed by atoms with Gasteiger partial charge in [-0.25, -0.2) is 0 Å². The first kappa shape index (κ1) is 14.5. The zero-order chi connectivity index (χ0) is 8.69. The van der Waals surface area contributed by atoms with Gasteiger partial charge in [-0.05, 0) is 13.3 Å². The quantitative estimate of drug-likeness (QED) is 0.396. The Kier molecular flexibility index (Phi) is 10.9. The van der Waals surface area contributed by atoms with Gasteiger partial charge in [0.2, 0.25) is 0 Å². The van der Waals surface area contributed by atoms with Gasteiger partial charge in [0.05, 0.1) is 12.6 Å². The van der Waals surface area contributed by atoms with Crippen molar-refractivity contribution in [2.24, 2.45) is 10.7 Å². The van der Waals surface area contributed by atoms with Crippen LogP contribution < -0.4 is 11.1 Å². The standard InChI is InChI=1S/C7H17N3O.HI/c1-3-4-9-7(8)10-5-6(2)11;/h6,11H,3-5H2,1-2H3,(H3,8,9,10);1H/t6-;/m0./s1. The lowest BCUT2D eigenvalue weighted by Gasteiger charge is -2.03. The van der Waals surface area contributed by atoms with Crippen LogP contribution in [0.2, 0.25) is 0 Å². The van der Waals surface area contributed by atoms with Gasteiger partial charge in [0, 0.05) is 6.54 Å². The molecular formula is C7H18IN3O. The van der Waals surface area contributed by atoms with Gasteiger partial charge in [0.1, 0.15) is 0 Å². The second-order valence-electron chi connectivity index (χ2n) is 2.50. The summed E-state index contributed by atoms with van der Waals surface area (Å²) in [7, 11) is 0. The molecule has 0 saturated heterocycles. The second-order valence-corrected chi connectivity index (χ2v) is 2.50. The smallest absolute Gasteiger partial charge is 0.188 e. The Morgan fingerprint density at radius 3 is 2.67 bits per heavy atom. The molecule has 4 N–H and O–H groups in total. The Labute approximate surface area is 90.7 Å². The first-order valence-corrected chi connectivity index (χ1v) is 3.88. The molecule has 0 amide bonds. The van der Waals surface area contributed by atoms with E-state index in [1.54, 1.807) is 6.92 Å². The first-order chi connectivity index (χ1) is 5.16. The fourth-order valence-electron chi connectivity index (χ4n) is 0.539. The molecule has 0 rings (SSSR count). The monoisotopic (exact) mass is 287 g/mol. The van der Waals surface area contributed by atoms with Gasteiger partial charge in [-0.1, -0.05) is 6.92 Å².